The molecule has 0 bridgehead atoms. The molecule has 4 fully saturated rings. The summed E-state index contributed by atoms with van der Waals surface area (Å²) in [4.78, 5) is 12.8. The van der Waals surface area contributed by atoms with Gasteiger partial charge in [-0.1, -0.05) is 76.6 Å². The van der Waals surface area contributed by atoms with Gasteiger partial charge in [0.05, 0.1) is 23.7 Å². The molecule has 0 amide bonds. The Morgan fingerprint density at radius 2 is 1.54 bits per heavy atom. The van der Waals surface area contributed by atoms with Crippen LogP contribution in [0.4, 0.5) is 0 Å². The molecule has 11 atom stereocenters. The number of aliphatic hydroxyl groups excluding tert-OH is 2. The van der Waals surface area contributed by atoms with Crippen LogP contribution in [-0.4, -0.2) is 49.2 Å². The van der Waals surface area contributed by atoms with Crippen LogP contribution in [-0.2, 0) is 19.4 Å². The number of aliphatic hydroxyl groups is 2. The summed E-state index contributed by atoms with van der Waals surface area (Å²) in [5.41, 5.74) is 2.25. The minimum absolute atomic E-state index is 0.123. The smallest absolute Gasteiger partial charge is 0.321 e. The summed E-state index contributed by atoms with van der Waals surface area (Å²) in [6, 6.07) is 16.4. The maximum Gasteiger partial charge on any atom is 0.321 e. The first-order chi connectivity index (χ1) is 21.9. The highest BCUT2D eigenvalue weighted by Gasteiger charge is 2.64. The molecule has 4 aliphatic rings. The molecule has 6 nitrogen and oxygen atoms in total. The number of rotatable bonds is 9. The molecule has 6 rings (SSSR count). The van der Waals surface area contributed by atoms with Gasteiger partial charge in [-0.15, -0.1) is 0 Å². The van der Waals surface area contributed by atoms with Crippen molar-refractivity contribution >= 4 is 15.8 Å². The fourth-order valence-electron chi connectivity index (χ4n) is 11.3. The van der Waals surface area contributed by atoms with Crippen molar-refractivity contribution in [3.05, 3.63) is 54.6 Å². The van der Waals surface area contributed by atoms with Crippen LogP contribution in [0.3, 0.4) is 0 Å². The van der Waals surface area contributed by atoms with E-state index >= 15 is 0 Å². The van der Waals surface area contributed by atoms with Gasteiger partial charge in [-0.2, -0.15) is 0 Å². The van der Waals surface area contributed by atoms with E-state index in [1.807, 2.05) is 30.3 Å². The summed E-state index contributed by atoms with van der Waals surface area (Å²) in [6.45, 7) is 9.62. The van der Waals surface area contributed by atoms with Gasteiger partial charge in [0.2, 0.25) is 0 Å². The van der Waals surface area contributed by atoms with Gasteiger partial charge in [0.25, 0.3) is 0 Å². The maximum atomic E-state index is 13.0. The van der Waals surface area contributed by atoms with Gasteiger partial charge in [0, 0.05) is 0 Å². The largest absolute Gasteiger partial charge is 0.465 e. The Labute approximate surface area is 276 Å². The highest BCUT2D eigenvalue weighted by molar-refractivity contribution is 7.92. The summed E-state index contributed by atoms with van der Waals surface area (Å²) < 4.78 is 31.5. The van der Waals surface area contributed by atoms with Crippen molar-refractivity contribution in [2.75, 3.05) is 12.4 Å². The molecule has 0 aliphatic heterocycles. The van der Waals surface area contributed by atoms with E-state index in [9.17, 15) is 23.4 Å². The third kappa shape index (κ3) is 5.98. The molecule has 0 heterocycles. The van der Waals surface area contributed by atoms with Gasteiger partial charge < -0.3 is 14.9 Å². The fourth-order valence-corrected chi connectivity index (χ4v) is 12.4. The SMILES string of the molecule is CC[C@H]1[C@@H](O)[C@@H]2[C@H](CC[C@]3(C)[C@@H]([C@H](C)CCOC(=O)CS(=O)(=O)c4ccc(-c5ccccc5)cc4)CC[C@@H]23)[C@@]2(C)CC[C@@H](O)C[C@@H]12. The van der Waals surface area contributed by atoms with E-state index in [1.54, 1.807) is 24.3 Å². The number of esters is 1. The van der Waals surface area contributed by atoms with Crippen LogP contribution in [0.1, 0.15) is 85.5 Å². The van der Waals surface area contributed by atoms with Crippen LogP contribution in [0.25, 0.3) is 11.1 Å². The minimum Gasteiger partial charge on any atom is -0.465 e. The average molecular weight is 651 g/mol. The Kier molecular flexibility index (Phi) is 9.52. The molecular formula is C39H54O6S. The number of hydrogen-bond acceptors (Lipinski definition) is 6. The van der Waals surface area contributed by atoms with Crippen molar-refractivity contribution in [3.63, 3.8) is 0 Å². The van der Waals surface area contributed by atoms with Crippen LogP contribution < -0.4 is 0 Å². The van der Waals surface area contributed by atoms with Crippen molar-refractivity contribution < 1.29 is 28.2 Å². The van der Waals surface area contributed by atoms with Crippen LogP contribution in [0, 0.1) is 52.3 Å². The molecule has 0 saturated heterocycles. The van der Waals surface area contributed by atoms with Gasteiger partial charge in [-0.3, -0.25) is 4.79 Å². The summed E-state index contributed by atoms with van der Waals surface area (Å²) >= 11 is 0. The highest BCUT2D eigenvalue weighted by atomic mass is 32.2. The zero-order valence-corrected chi connectivity index (χ0v) is 28.9. The molecule has 2 aromatic carbocycles. The third-order valence-electron chi connectivity index (χ3n) is 13.6. The Bertz CT molecular complexity index is 1470. The first kappa shape index (κ1) is 33.7. The number of hydrogen-bond donors (Lipinski definition) is 2. The molecule has 0 spiro atoms. The maximum absolute atomic E-state index is 13.0. The van der Waals surface area contributed by atoms with E-state index in [1.165, 1.54) is 0 Å². The lowest BCUT2D eigenvalue weighted by Crippen LogP contribution is -2.62. The average Bonchev–Trinajstić information content (AvgIpc) is 3.39. The van der Waals surface area contributed by atoms with Gasteiger partial charge in [-0.25, -0.2) is 8.42 Å². The molecule has 0 unspecified atom stereocenters. The monoisotopic (exact) mass is 650 g/mol. The molecule has 0 radical (unpaired) electrons. The van der Waals surface area contributed by atoms with Crippen molar-refractivity contribution in [2.24, 2.45) is 52.3 Å². The van der Waals surface area contributed by atoms with E-state index in [2.05, 4.69) is 27.7 Å². The van der Waals surface area contributed by atoms with E-state index < -0.39 is 21.6 Å². The Morgan fingerprint density at radius 1 is 0.891 bits per heavy atom. The van der Waals surface area contributed by atoms with Crippen molar-refractivity contribution in [3.8, 4) is 11.1 Å². The quantitative estimate of drug-likeness (QED) is 0.276. The molecule has 7 heteroatoms. The number of carbonyl (C=O) groups is 1. The third-order valence-corrected chi connectivity index (χ3v) is 15.2. The van der Waals surface area contributed by atoms with E-state index in [0.717, 1.165) is 62.5 Å². The Balaban J connectivity index is 1.05. The standard InChI is InChI=1S/C39H54O6S/c1-5-30-34-23-28(40)17-20-39(34,4)33-18-21-38(3)31(15-16-32(38)36(33)37(30)42)25(2)19-22-45-35(41)24-46(43,44)29-13-11-27(12-14-29)26-9-7-6-8-10-26/h6-14,25,28,30-34,36-37,40,42H,5,15-24H2,1-4H3/t25-,28-,30-,31-,32+,33+,34+,36+,37-,38-,39-/m1/s1. The second-order valence-corrected chi connectivity index (χ2v) is 17.7. The van der Waals surface area contributed by atoms with E-state index in [-0.39, 0.29) is 40.5 Å². The predicted octanol–water partition coefficient (Wildman–Crippen LogP) is 7.32. The van der Waals surface area contributed by atoms with Crippen molar-refractivity contribution in [1.82, 2.24) is 0 Å². The first-order valence-electron chi connectivity index (χ1n) is 17.8. The Hall–Kier alpha value is -2.22. The molecular weight excluding hydrogens is 596 g/mol. The molecule has 4 saturated carbocycles. The summed E-state index contributed by atoms with van der Waals surface area (Å²) in [6.07, 6.45) is 8.43. The predicted molar refractivity (Wildman–Crippen MR) is 180 cm³/mol. The van der Waals surface area contributed by atoms with Crippen molar-refractivity contribution in [2.45, 2.75) is 103 Å². The van der Waals surface area contributed by atoms with Crippen LogP contribution in [0.2, 0.25) is 0 Å². The van der Waals surface area contributed by atoms with E-state index in [4.69, 9.17) is 4.74 Å². The molecule has 2 aromatic rings. The molecule has 2 N–H and O–H groups in total. The number of fused-ring (bicyclic) bond motifs is 5. The second-order valence-electron chi connectivity index (χ2n) is 15.8. The van der Waals surface area contributed by atoms with E-state index in [0.29, 0.717) is 41.9 Å². The number of benzene rings is 2. The van der Waals surface area contributed by atoms with Crippen LogP contribution in [0.15, 0.2) is 59.5 Å². The molecule has 252 valence electrons. The van der Waals surface area contributed by atoms with Crippen molar-refractivity contribution in [1.29, 1.82) is 0 Å². The number of sulfone groups is 1. The minimum atomic E-state index is -3.80. The topological polar surface area (TPSA) is 101 Å². The van der Waals surface area contributed by atoms with Gasteiger partial charge in [-0.05, 0) is 127 Å². The van der Waals surface area contributed by atoms with Crippen LogP contribution in [0.5, 0.6) is 0 Å². The molecule has 4 aliphatic carbocycles. The zero-order chi connectivity index (χ0) is 32.9. The first-order valence-corrected chi connectivity index (χ1v) is 19.4. The summed E-state index contributed by atoms with van der Waals surface area (Å²) in [5, 5.41) is 22.5. The lowest BCUT2D eigenvalue weighted by molar-refractivity contribution is -0.203. The van der Waals surface area contributed by atoms with Gasteiger partial charge >= 0.3 is 5.97 Å². The molecule has 0 aromatic heterocycles. The lowest BCUT2D eigenvalue weighted by Gasteiger charge is -2.64. The Morgan fingerprint density at radius 3 is 2.24 bits per heavy atom. The van der Waals surface area contributed by atoms with Crippen LogP contribution >= 0.6 is 0 Å². The highest BCUT2D eigenvalue weighted by Crippen LogP contribution is 2.69. The fraction of sp³-hybridized carbons (Fsp3) is 0.667. The number of ether oxygens (including phenoxy) is 1. The summed E-state index contributed by atoms with van der Waals surface area (Å²) in [7, 11) is -3.80. The normalized spacial score (nSPS) is 37.9. The molecule has 46 heavy (non-hydrogen) atoms. The second kappa shape index (κ2) is 13.0. The lowest BCUT2D eigenvalue weighted by atomic mass is 9.41. The summed E-state index contributed by atoms with van der Waals surface area (Å²) in [5.74, 6) is 1.38. The number of carbonyl (C=O) groups excluding carboxylic acids is 1. The van der Waals surface area contributed by atoms with Gasteiger partial charge in [0.15, 0.2) is 15.6 Å². The van der Waals surface area contributed by atoms with Gasteiger partial charge in [0.1, 0.15) is 0 Å². The zero-order valence-electron chi connectivity index (χ0n) is 28.1.